The number of methoxy groups -OCH3 is 1. The van der Waals surface area contributed by atoms with Crippen LogP contribution in [-0.4, -0.2) is 38.8 Å². The van der Waals surface area contributed by atoms with E-state index in [-0.39, 0.29) is 11.9 Å². The van der Waals surface area contributed by atoms with E-state index in [1.165, 1.54) is 0 Å². The van der Waals surface area contributed by atoms with E-state index in [9.17, 15) is 9.59 Å². The van der Waals surface area contributed by atoms with Crippen molar-refractivity contribution in [2.75, 3.05) is 37.1 Å². The Bertz CT molecular complexity index is 1230. The molecule has 0 atom stereocenters. The molecule has 0 aliphatic carbocycles. The van der Waals surface area contributed by atoms with Crippen LogP contribution in [0.3, 0.4) is 0 Å². The zero-order valence-corrected chi connectivity index (χ0v) is 18.8. The molecular weight excluding hydrogens is 434 g/mol. The number of benzene rings is 3. The second-order valence-corrected chi connectivity index (χ2v) is 8.06. The zero-order chi connectivity index (χ0) is 23.5. The number of hydrogen-bond donors (Lipinski definition) is 2. The summed E-state index contributed by atoms with van der Waals surface area (Å²) in [6.45, 7) is 1.96. The maximum Gasteiger partial charge on any atom is 0.319 e. The lowest BCUT2D eigenvalue weighted by molar-refractivity contribution is 0.0989. The van der Waals surface area contributed by atoms with Crippen LogP contribution in [0.4, 0.5) is 16.2 Å². The first-order valence-electron chi connectivity index (χ1n) is 11.1. The lowest BCUT2D eigenvalue weighted by atomic mass is 10.1. The van der Waals surface area contributed by atoms with Gasteiger partial charge in [-0.15, -0.1) is 0 Å². The third-order valence-corrected chi connectivity index (χ3v) is 5.88. The lowest BCUT2D eigenvalue weighted by Crippen LogP contribution is -2.29. The van der Waals surface area contributed by atoms with Crippen LogP contribution < -0.4 is 29.7 Å². The predicted octanol–water partition coefficient (Wildman–Crippen LogP) is 3.99. The third-order valence-electron chi connectivity index (χ3n) is 5.88. The van der Waals surface area contributed by atoms with Crippen LogP contribution >= 0.6 is 0 Å². The predicted molar refractivity (Wildman–Crippen MR) is 128 cm³/mol. The highest BCUT2D eigenvalue weighted by Crippen LogP contribution is 2.33. The van der Waals surface area contributed by atoms with Gasteiger partial charge in [-0.1, -0.05) is 12.1 Å². The van der Waals surface area contributed by atoms with Crippen molar-refractivity contribution in [3.05, 3.63) is 77.4 Å². The molecule has 0 unspecified atom stereocenters. The minimum Gasteiger partial charge on any atom is -0.497 e. The van der Waals surface area contributed by atoms with E-state index in [1.807, 2.05) is 18.2 Å². The van der Waals surface area contributed by atoms with Gasteiger partial charge < -0.3 is 29.7 Å². The van der Waals surface area contributed by atoms with E-state index in [0.29, 0.717) is 54.8 Å². The van der Waals surface area contributed by atoms with Crippen LogP contribution in [0.2, 0.25) is 0 Å². The fourth-order valence-corrected chi connectivity index (χ4v) is 4.11. The van der Waals surface area contributed by atoms with E-state index in [0.717, 1.165) is 23.2 Å². The Morgan fingerprint density at radius 1 is 0.971 bits per heavy atom. The highest BCUT2D eigenvalue weighted by Gasteiger charge is 2.26. The molecule has 3 amide bonds. The van der Waals surface area contributed by atoms with Gasteiger partial charge in [0.05, 0.1) is 7.11 Å². The minimum absolute atomic E-state index is 0.0529. The Morgan fingerprint density at radius 2 is 1.76 bits per heavy atom. The summed E-state index contributed by atoms with van der Waals surface area (Å²) in [5.74, 6) is 1.94. The van der Waals surface area contributed by atoms with Crippen molar-refractivity contribution in [2.45, 2.75) is 13.0 Å². The van der Waals surface area contributed by atoms with Crippen molar-refractivity contribution in [3.8, 4) is 17.2 Å². The van der Waals surface area contributed by atoms with E-state index in [4.69, 9.17) is 14.2 Å². The van der Waals surface area contributed by atoms with Crippen molar-refractivity contribution < 1.29 is 23.8 Å². The maximum absolute atomic E-state index is 13.1. The molecular formula is C26H25N3O5. The number of fused-ring (bicyclic) bond motifs is 2. The summed E-state index contributed by atoms with van der Waals surface area (Å²) in [5, 5.41) is 5.68. The highest BCUT2D eigenvalue weighted by atomic mass is 16.6. The summed E-state index contributed by atoms with van der Waals surface area (Å²) in [5.41, 5.74) is 4.13. The first-order valence-corrected chi connectivity index (χ1v) is 11.1. The summed E-state index contributed by atoms with van der Waals surface area (Å²) < 4.78 is 16.2. The van der Waals surface area contributed by atoms with Crippen LogP contribution in [-0.2, 0) is 13.0 Å². The van der Waals surface area contributed by atoms with E-state index in [2.05, 4.69) is 10.6 Å². The Balaban J connectivity index is 1.23. The molecule has 2 aliphatic rings. The highest BCUT2D eigenvalue weighted by molar-refractivity contribution is 6.07. The largest absolute Gasteiger partial charge is 0.497 e. The fourth-order valence-electron chi connectivity index (χ4n) is 4.11. The van der Waals surface area contributed by atoms with Gasteiger partial charge in [0.1, 0.15) is 19.0 Å². The number of anilines is 2. The minimum atomic E-state index is -0.330. The Kier molecular flexibility index (Phi) is 5.95. The number of amides is 3. The molecule has 3 aromatic rings. The lowest BCUT2D eigenvalue weighted by Gasteiger charge is -2.19. The molecule has 2 heterocycles. The molecule has 8 heteroatoms. The Hall–Kier alpha value is -4.20. The van der Waals surface area contributed by atoms with Gasteiger partial charge in [-0.2, -0.15) is 0 Å². The van der Waals surface area contributed by atoms with E-state index >= 15 is 0 Å². The number of carbonyl (C=O) groups is 2. The quantitative estimate of drug-likeness (QED) is 0.602. The van der Waals surface area contributed by atoms with E-state index in [1.54, 1.807) is 54.5 Å². The topological polar surface area (TPSA) is 89.1 Å². The Labute approximate surface area is 197 Å². The van der Waals surface area contributed by atoms with Crippen LogP contribution in [0, 0.1) is 0 Å². The molecule has 5 rings (SSSR count). The number of urea groups is 1. The van der Waals surface area contributed by atoms with Gasteiger partial charge in [0.2, 0.25) is 0 Å². The van der Waals surface area contributed by atoms with Crippen LogP contribution in [0.15, 0.2) is 60.7 Å². The average Bonchev–Trinajstić information content (AvgIpc) is 3.30. The zero-order valence-electron chi connectivity index (χ0n) is 18.8. The van der Waals surface area contributed by atoms with Gasteiger partial charge in [0.15, 0.2) is 11.5 Å². The summed E-state index contributed by atoms with van der Waals surface area (Å²) in [6, 6.07) is 18.0. The summed E-state index contributed by atoms with van der Waals surface area (Å²) in [4.78, 5) is 27.3. The van der Waals surface area contributed by atoms with Gasteiger partial charge in [0.25, 0.3) is 5.91 Å². The van der Waals surface area contributed by atoms with Gasteiger partial charge >= 0.3 is 6.03 Å². The second kappa shape index (κ2) is 9.35. The first kappa shape index (κ1) is 21.6. The number of rotatable bonds is 5. The smallest absolute Gasteiger partial charge is 0.319 e. The van der Waals surface area contributed by atoms with Gasteiger partial charge in [-0.3, -0.25) is 4.79 Å². The summed E-state index contributed by atoms with van der Waals surface area (Å²) in [6.07, 6.45) is 0.801. The van der Waals surface area contributed by atoms with Crippen molar-refractivity contribution in [3.63, 3.8) is 0 Å². The van der Waals surface area contributed by atoms with Gasteiger partial charge in [-0.05, 0) is 60.0 Å². The molecule has 0 spiro atoms. The van der Waals surface area contributed by atoms with Crippen LogP contribution in [0.5, 0.6) is 17.2 Å². The van der Waals surface area contributed by atoms with E-state index < -0.39 is 0 Å². The first-order chi connectivity index (χ1) is 16.6. The molecule has 2 N–H and O–H groups in total. The summed E-state index contributed by atoms with van der Waals surface area (Å²) >= 11 is 0. The monoisotopic (exact) mass is 459 g/mol. The molecule has 0 fully saturated rings. The van der Waals surface area contributed by atoms with Crippen molar-refractivity contribution >= 4 is 23.3 Å². The molecule has 0 radical (unpaired) electrons. The average molecular weight is 460 g/mol. The number of carbonyl (C=O) groups excluding carboxylic acids is 2. The molecule has 3 aromatic carbocycles. The number of nitrogens with zero attached hydrogens (tertiary/aromatic N) is 1. The third kappa shape index (κ3) is 4.47. The molecule has 0 saturated carbocycles. The van der Waals surface area contributed by atoms with Crippen LogP contribution in [0.1, 0.15) is 21.5 Å². The normalized spacial score (nSPS) is 13.7. The van der Waals surface area contributed by atoms with Gasteiger partial charge in [-0.25, -0.2) is 4.79 Å². The second-order valence-electron chi connectivity index (χ2n) is 8.06. The molecule has 0 bridgehead atoms. The Morgan fingerprint density at radius 3 is 2.56 bits per heavy atom. The van der Waals surface area contributed by atoms with Crippen molar-refractivity contribution in [2.24, 2.45) is 0 Å². The number of ether oxygens (including phenoxy) is 3. The number of hydrogen-bond acceptors (Lipinski definition) is 5. The SMILES string of the molecule is COc1ccc(C(=O)N2CCc3ccc(CNC(=O)Nc4ccc5c(c4)OCCO5)cc32)cc1. The molecule has 174 valence electrons. The molecule has 0 aromatic heterocycles. The molecule has 0 saturated heterocycles. The van der Waals surface area contributed by atoms with Crippen LogP contribution in [0.25, 0.3) is 0 Å². The number of nitrogens with one attached hydrogen (secondary N) is 2. The fraction of sp³-hybridized carbons (Fsp3) is 0.231. The van der Waals surface area contributed by atoms with Gasteiger partial charge in [0, 0.05) is 36.1 Å². The molecule has 34 heavy (non-hydrogen) atoms. The maximum atomic E-state index is 13.1. The molecule has 8 nitrogen and oxygen atoms in total. The van der Waals surface area contributed by atoms with Crippen molar-refractivity contribution in [1.29, 1.82) is 0 Å². The van der Waals surface area contributed by atoms with Crippen molar-refractivity contribution in [1.82, 2.24) is 5.32 Å². The standard InChI is InChI=1S/C26H25N3O5/c1-32-21-7-4-19(5-8-21)25(30)29-11-10-18-3-2-17(14-22(18)29)16-27-26(31)28-20-6-9-23-24(15-20)34-13-12-33-23/h2-9,14-15H,10-13,16H2,1H3,(H2,27,28,31). The summed E-state index contributed by atoms with van der Waals surface area (Å²) in [7, 11) is 1.60. The molecule has 2 aliphatic heterocycles.